The van der Waals surface area contributed by atoms with Gasteiger partial charge in [0.1, 0.15) is 0 Å². The van der Waals surface area contributed by atoms with Gasteiger partial charge >= 0.3 is 0 Å². The number of aromatic nitrogens is 1. The van der Waals surface area contributed by atoms with E-state index in [1.54, 1.807) is 23.1 Å². The van der Waals surface area contributed by atoms with Gasteiger partial charge < -0.3 is 5.11 Å². The van der Waals surface area contributed by atoms with E-state index in [-0.39, 0.29) is 6.10 Å². The van der Waals surface area contributed by atoms with Crippen LogP contribution < -0.4 is 0 Å². The number of thioether (sulfide) groups is 1. The normalized spacial score (nSPS) is 12.6. The molecule has 2 rings (SSSR count). The molecule has 96 valence electrons. The standard InChI is InChI=1S/C13H14ClNOS2/c1-9-7-18-13(15-9)6-11(16)8-17-12-4-2-10(14)3-5-12/h2-5,7,11,16H,6,8H2,1H3. The second kappa shape index (κ2) is 6.57. The Bertz CT molecular complexity index is 498. The number of halogens is 1. The Labute approximate surface area is 120 Å². The Kier molecular flexibility index (Phi) is 5.06. The van der Waals surface area contributed by atoms with Gasteiger partial charge in [-0.1, -0.05) is 11.6 Å². The Balaban J connectivity index is 1.81. The number of aliphatic hydroxyl groups excluding tert-OH is 1. The molecule has 0 bridgehead atoms. The first-order valence-corrected chi connectivity index (χ1v) is 7.85. The molecule has 1 unspecified atom stereocenters. The van der Waals surface area contributed by atoms with E-state index in [0.717, 1.165) is 20.6 Å². The maximum Gasteiger partial charge on any atom is 0.0954 e. The molecule has 0 aliphatic heterocycles. The van der Waals surface area contributed by atoms with Crippen molar-refractivity contribution >= 4 is 34.7 Å². The summed E-state index contributed by atoms with van der Waals surface area (Å²) >= 11 is 9.05. The van der Waals surface area contributed by atoms with Crippen molar-refractivity contribution in [1.29, 1.82) is 0 Å². The summed E-state index contributed by atoms with van der Waals surface area (Å²) in [6.07, 6.45) is 0.259. The lowest BCUT2D eigenvalue weighted by molar-refractivity contribution is 0.200. The van der Waals surface area contributed by atoms with E-state index in [1.165, 1.54) is 0 Å². The topological polar surface area (TPSA) is 33.1 Å². The second-order valence-electron chi connectivity index (χ2n) is 4.01. The summed E-state index contributed by atoms with van der Waals surface area (Å²) < 4.78 is 0. The average molecular weight is 300 g/mol. The molecule has 0 amide bonds. The van der Waals surface area contributed by atoms with Gasteiger partial charge in [-0.2, -0.15) is 0 Å². The van der Waals surface area contributed by atoms with Crippen LogP contribution in [0.2, 0.25) is 5.02 Å². The summed E-state index contributed by atoms with van der Waals surface area (Å²) in [7, 11) is 0. The number of aryl methyl sites for hydroxylation is 1. The van der Waals surface area contributed by atoms with Crippen LogP contribution in [0, 0.1) is 6.92 Å². The van der Waals surface area contributed by atoms with Crippen molar-refractivity contribution in [3.63, 3.8) is 0 Å². The van der Waals surface area contributed by atoms with Crippen molar-refractivity contribution in [2.24, 2.45) is 0 Å². The van der Waals surface area contributed by atoms with Gasteiger partial charge in [0.2, 0.25) is 0 Å². The number of nitrogens with zero attached hydrogens (tertiary/aromatic N) is 1. The highest BCUT2D eigenvalue weighted by atomic mass is 35.5. The summed E-state index contributed by atoms with van der Waals surface area (Å²) in [4.78, 5) is 5.47. The number of benzene rings is 1. The molecule has 1 aromatic heterocycles. The smallest absolute Gasteiger partial charge is 0.0954 e. The van der Waals surface area contributed by atoms with E-state index in [9.17, 15) is 5.11 Å². The van der Waals surface area contributed by atoms with Crippen LogP contribution in [0.5, 0.6) is 0 Å². The zero-order chi connectivity index (χ0) is 13.0. The van der Waals surface area contributed by atoms with Crippen molar-refractivity contribution in [1.82, 2.24) is 4.98 Å². The molecule has 0 radical (unpaired) electrons. The summed E-state index contributed by atoms with van der Waals surface area (Å²) in [5, 5.41) is 13.7. The minimum atomic E-state index is -0.365. The fraction of sp³-hybridized carbons (Fsp3) is 0.308. The summed E-state index contributed by atoms with van der Waals surface area (Å²) in [5.41, 5.74) is 1.02. The minimum Gasteiger partial charge on any atom is -0.392 e. The lowest BCUT2D eigenvalue weighted by Crippen LogP contribution is -2.13. The monoisotopic (exact) mass is 299 g/mol. The minimum absolute atomic E-state index is 0.365. The van der Waals surface area contributed by atoms with Crippen molar-refractivity contribution in [2.75, 3.05) is 5.75 Å². The number of hydrogen-bond donors (Lipinski definition) is 1. The van der Waals surface area contributed by atoms with Crippen LogP contribution in [0.3, 0.4) is 0 Å². The Morgan fingerprint density at radius 1 is 1.39 bits per heavy atom. The largest absolute Gasteiger partial charge is 0.392 e. The molecule has 0 aliphatic rings. The molecule has 1 heterocycles. The quantitative estimate of drug-likeness (QED) is 0.853. The third-order valence-electron chi connectivity index (χ3n) is 2.33. The zero-order valence-electron chi connectivity index (χ0n) is 9.97. The molecular weight excluding hydrogens is 286 g/mol. The number of thiazole rings is 1. The Hall–Kier alpha value is -0.550. The first-order valence-electron chi connectivity index (χ1n) is 5.61. The third-order valence-corrected chi connectivity index (χ3v) is 4.73. The molecule has 18 heavy (non-hydrogen) atoms. The molecular formula is C13H14ClNOS2. The fourth-order valence-electron chi connectivity index (χ4n) is 1.48. The van der Waals surface area contributed by atoms with Gasteiger partial charge in [-0.05, 0) is 31.2 Å². The highest BCUT2D eigenvalue weighted by Crippen LogP contribution is 2.22. The van der Waals surface area contributed by atoms with Gasteiger partial charge in [0, 0.05) is 33.2 Å². The Morgan fingerprint density at radius 3 is 2.72 bits per heavy atom. The van der Waals surface area contributed by atoms with E-state index in [2.05, 4.69) is 4.98 Å². The summed E-state index contributed by atoms with van der Waals surface area (Å²) in [6, 6.07) is 7.65. The average Bonchev–Trinajstić information content (AvgIpc) is 2.74. The Morgan fingerprint density at radius 2 is 2.11 bits per heavy atom. The van der Waals surface area contributed by atoms with E-state index < -0.39 is 0 Å². The van der Waals surface area contributed by atoms with Crippen LogP contribution in [0.1, 0.15) is 10.7 Å². The summed E-state index contributed by atoms with van der Waals surface area (Å²) in [5.74, 6) is 0.667. The van der Waals surface area contributed by atoms with Gasteiger partial charge in [0.05, 0.1) is 11.1 Å². The first-order chi connectivity index (χ1) is 8.63. The molecule has 5 heteroatoms. The highest BCUT2D eigenvalue weighted by molar-refractivity contribution is 7.99. The summed E-state index contributed by atoms with van der Waals surface area (Å²) in [6.45, 7) is 1.97. The van der Waals surface area contributed by atoms with E-state index in [0.29, 0.717) is 12.2 Å². The van der Waals surface area contributed by atoms with Gasteiger partial charge in [0.15, 0.2) is 0 Å². The van der Waals surface area contributed by atoms with Crippen LogP contribution in [0.4, 0.5) is 0 Å². The second-order valence-corrected chi connectivity index (χ2v) is 6.48. The van der Waals surface area contributed by atoms with E-state index >= 15 is 0 Å². The highest BCUT2D eigenvalue weighted by Gasteiger charge is 2.09. The van der Waals surface area contributed by atoms with E-state index in [4.69, 9.17) is 11.6 Å². The molecule has 1 N–H and O–H groups in total. The predicted octanol–water partition coefficient (Wildman–Crippen LogP) is 3.80. The fourth-order valence-corrected chi connectivity index (χ4v) is 3.28. The van der Waals surface area contributed by atoms with Crippen LogP contribution >= 0.6 is 34.7 Å². The van der Waals surface area contributed by atoms with Crippen molar-refractivity contribution < 1.29 is 5.11 Å². The van der Waals surface area contributed by atoms with Crippen molar-refractivity contribution in [3.8, 4) is 0 Å². The SMILES string of the molecule is Cc1csc(CC(O)CSc2ccc(Cl)cc2)n1. The molecule has 0 fully saturated rings. The first kappa shape index (κ1) is 13.9. The molecule has 2 nitrogen and oxygen atoms in total. The molecule has 1 aromatic carbocycles. The predicted molar refractivity (Wildman–Crippen MR) is 78.7 cm³/mol. The molecule has 0 spiro atoms. The van der Waals surface area contributed by atoms with Crippen molar-refractivity contribution in [3.05, 3.63) is 45.4 Å². The molecule has 0 aliphatic carbocycles. The van der Waals surface area contributed by atoms with Gasteiger partial charge in [-0.3, -0.25) is 0 Å². The van der Waals surface area contributed by atoms with Crippen LogP contribution in [-0.4, -0.2) is 21.9 Å². The van der Waals surface area contributed by atoms with Crippen LogP contribution in [-0.2, 0) is 6.42 Å². The van der Waals surface area contributed by atoms with E-state index in [1.807, 2.05) is 36.6 Å². The maximum atomic E-state index is 9.95. The molecule has 2 aromatic rings. The number of aliphatic hydroxyl groups is 1. The number of rotatable bonds is 5. The van der Waals surface area contributed by atoms with Crippen molar-refractivity contribution in [2.45, 2.75) is 24.3 Å². The maximum absolute atomic E-state index is 9.95. The van der Waals surface area contributed by atoms with Gasteiger partial charge in [-0.25, -0.2) is 4.98 Å². The lowest BCUT2D eigenvalue weighted by Gasteiger charge is -2.08. The van der Waals surface area contributed by atoms with Crippen LogP contribution in [0.25, 0.3) is 0 Å². The number of hydrogen-bond acceptors (Lipinski definition) is 4. The molecule has 0 saturated carbocycles. The zero-order valence-corrected chi connectivity index (χ0v) is 12.4. The van der Waals surface area contributed by atoms with Gasteiger partial charge in [-0.15, -0.1) is 23.1 Å². The van der Waals surface area contributed by atoms with Crippen LogP contribution in [0.15, 0.2) is 34.5 Å². The lowest BCUT2D eigenvalue weighted by atomic mass is 10.3. The molecule has 1 atom stereocenters. The third kappa shape index (κ3) is 4.28. The van der Waals surface area contributed by atoms with Gasteiger partial charge in [0.25, 0.3) is 0 Å². The molecule has 0 saturated heterocycles.